The summed E-state index contributed by atoms with van der Waals surface area (Å²) in [5, 5.41) is 10.0. The van der Waals surface area contributed by atoms with E-state index in [9.17, 15) is 18.3 Å². The van der Waals surface area contributed by atoms with Gasteiger partial charge >= 0.3 is 0 Å². The summed E-state index contributed by atoms with van der Waals surface area (Å²) in [6, 6.07) is 14.3. The van der Waals surface area contributed by atoms with Crippen molar-refractivity contribution in [1.82, 2.24) is 4.72 Å². The van der Waals surface area contributed by atoms with E-state index in [2.05, 4.69) is 36.6 Å². The van der Waals surface area contributed by atoms with Crippen LogP contribution in [0.1, 0.15) is 41.3 Å². The Morgan fingerprint density at radius 1 is 1.03 bits per heavy atom. The van der Waals surface area contributed by atoms with Crippen molar-refractivity contribution >= 4 is 47.8 Å². The predicted octanol–water partition coefficient (Wildman–Crippen LogP) is 6.26. The van der Waals surface area contributed by atoms with Crippen LogP contribution in [0.25, 0.3) is 0 Å². The quantitative estimate of drug-likeness (QED) is 0.358. The van der Waals surface area contributed by atoms with E-state index in [1.165, 1.54) is 18.2 Å². The van der Waals surface area contributed by atoms with Gasteiger partial charge in [-0.05, 0) is 86.7 Å². The Morgan fingerprint density at radius 2 is 1.66 bits per heavy atom. The monoisotopic (exact) mass is 581 g/mol. The molecule has 0 radical (unpaired) electrons. The van der Waals surface area contributed by atoms with E-state index in [4.69, 9.17) is 4.74 Å². The van der Waals surface area contributed by atoms with Gasteiger partial charge in [0.05, 0.1) is 13.8 Å². The third-order valence-corrected chi connectivity index (χ3v) is 7.38. The third kappa shape index (κ3) is 5.33. The molecule has 0 aliphatic heterocycles. The normalized spacial score (nSPS) is 11.4. The van der Waals surface area contributed by atoms with Crippen LogP contribution < -0.4 is 9.46 Å². The highest BCUT2D eigenvalue weighted by molar-refractivity contribution is 9.11. The highest BCUT2D eigenvalue weighted by Gasteiger charge is 2.22. The van der Waals surface area contributed by atoms with Gasteiger partial charge in [0.1, 0.15) is 11.5 Å². The lowest BCUT2D eigenvalue weighted by Crippen LogP contribution is -2.31. The zero-order valence-electron chi connectivity index (χ0n) is 17.5. The lowest BCUT2D eigenvalue weighted by atomic mass is 10.0. The van der Waals surface area contributed by atoms with Crippen LogP contribution in [0.4, 0.5) is 0 Å². The summed E-state index contributed by atoms with van der Waals surface area (Å²) in [4.78, 5) is 12.7. The minimum Gasteiger partial charge on any atom is -0.508 e. The molecule has 0 fully saturated rings. The Kier molecular flexibility index (Phi) is 7.32. The highest BCUT2D eigenvalue weighted by atomic mass is 79.9. The molecule has 0 bridgehead atoms. The van der Waals surface area contributed by atoms with Crippen LogP contribution >= 0.6 is 31.9 Å². The standard InChI is InChI=1S/C23H21Br2NO5S/c1-13(2)17-12-16(8-9-20(17)27)31-22-18(24)10-15(11-19(22)25)23(28)26-32(29,30)21-7-5-4-6-14(21)3/h4-13,27H,1-3H3,(H,26,28). The van der Waals surface area contributed by atoms with E-state index in [1.54, 1.807) is 43.3 Å². The maximum atomic E-state index is 12.7. The molecule has 0 heterocycles. The van der Waals surface area contributed by atoms with Crippen LogP contribution in [0.5, 0.6) is 17.2 Å². The van der Waals surface area contributed by atoms with Crippen LogP contribution in [-0.2, 0) is 10.0 Å². The fourth-order valence-corrected chi connectivity index (χ4v) is 5.63. The van der Waals surface area contributed by atoms with Gasteiger partial charge in [-0.3, -0.25) is 4.79 Å². The van der Waals surface area contributed by atoms with E-state index in [1.807, 2.05) is 13.8 Å². The summed E-state index contributed by atoms with van der Waals surface area (Å²) in [6.45, 7) is 5.58. The molecule has 3 aromatic carbocycles. The van der Waals surface area contributed by atoms with Crippen molar-refractivity contribution in [2.24, 2.45) is 0 Å². The fraction of sp³-hybridized carbons (Fsp3) is 0.174. The van der Waals surface area contributed by atoms with Gasteiger partial charge in [0.15, 0.2) is 5.75 Å². The van der Waals surface area contributed by atoms with Gasteiger partial charge in [0.25, 0.3) is 15.9 Å². The molecule has 6 nitrogen and oxygen atoms in total. The Balaban J connectivity index is 1.87. The number of rotatable bonds is 6. The van der Waals surface area contributed by atoms with Crippen molar-refractivity contribution in [1.29, 1.82) is 0 Å². The van der Waals surface area contributed by atoms with Crippen molar-refractivity contribution in [2.45, 2.75) is 31.6 Å². The minimum absolute atomic E-state index is 0.0414. The number of carbonyl (C=O) groups excluding carboxylic acids is 1. The van der Waals surface area contributed by atoms with Crippen LogP contribution in [0.15, 0.2) is 68.4 Å². The molecule has 0 unspecified atom stereocenters. The maximum absolute atomic E-state index is 12.7. The van der Waals surface area contributed by atoms with Crippen molar-refractivity contribution in [3.63, 3.8) is 0 Å². The summed E-state index contributed by atoms with van der Waals surface area (Å²) in [7, 11) is -4.02. The zero-order valence-corrected chi connectivity index (χ0v) is 21.5. The number of aromatic hydroxyl groups is 1. The first-order valence-electron chi connectivity index (χ1n) is 9.62. The van der Waals surface area contributed by atoms with Gasteiger partial charge in [-0.1, -0.05) is 32.0 Å². The number of amides is 1. The van der Waals surface area contributed by atoms with Gasteiger partial charge in [0.2, 0.25) is 0 Å². The topological polar surface area (TPSA) is 92.7 Å². The van der Waals surface area contributed by atoms with E-state index in [0.717, 1.165) is 5.56 Å². The number of ether oxygens (including phenoxy) is 1. The molecule has 168 valence electrons. The number of halogens is 2. The number of aryl methyl sites for hydroxylation is 1. The molecule has 3 aromatic rings. The summed E-state index contributed by atoms with van der Waals surface area (Å²) >= 11 is 6.78. The molecule has 9 heteroatoms. The lowest BCUT2D eigenvalue weighted by Gasteiger charge is -2.15. The van der Waals surface area contributed by atoms with Crippen molar-refractivity contribution < 1.29 is 23.1 Å². The second-order valence-electron chi connectivity index (χ2n) is 7.45. The van der Waals surface area contributed by atoms with Gasteiger partial charge in [-0.15, -0.1) is 0 Å². The number of benzene rings is 3. The maximum Gasteiger partial charge on any atom is 0.265 e. The molecule has 0 saturated carbocycles. The molecule has 0 aliphatic carbocycles. The lowest BCUT2D eigenvalue weighted by molar-refractivity contribution is 0.0981. The summed E-state index contributed by atoms with van der Waals surface area (Å²) in [5.74, 6) is 0.433. The molecule has 0 aromatic heterocycles. The molecular weight excluding hydrogens is 562 g/mol. The molecule has 2 N–H and O–H groups in total. The van der Waals surface area contributed by atoms with Gasteiger partial charge < -0.3 is 9.84 Å². The first-order valence-corrected chi connectivity index (χ1v) is 12.7. The number of sulfonamides is 1. The van der Waals surface area contributed by atoms with Crippen LogP contribution in [0.2, 0.25) is 0 Å². The fourth-order valence-electron chi connectivity index (χ4n) is 3.06. The van der Waals surface area contributed by atoms with Crippen LogP contribution in [0, 0.1) is 6.92 Å². The zero-order chi connectivity index (χ0) is 23.6. The third-order valence-electron chi connectivity index (χ3n) is 4.71. The molecule has 32 heavy (non-hydrogen) atoms. The highest BCUT2D eigenvalue weighted by Crippen LogP contribution is 2.39. The average Bonchev–Trinajstić information content (AvgIpc) is 2.71. The second kappa shape index (κ2) is 9.64. The predicted molar refractivity (Wildman–Crippen MR) is 130 cm³/mol. The minimum atomic E-state index is -4.02. The molecule has 1 amide bonds. The number of phenolic OH excluding ortho intramolecular Hbond substituents is 1. The first kappa shape index (κ1) is 24.3. The smallest absolute Gasteiger partial charge is 0.265 e. The van der Waals surface area contributed by atoms with Crippen LogP contribution in [-0.4, -0.2) is 19.4 Å². The Hall–Kier alpha value is -2.36. The second-order valence-corrected chi connectivity index (χ2v) is 10.8. The van der Waals surface area contributed by atoms with Gasteiger partial charge in [-0.2, -0.15) is 0 Å². The first-order chi connectivity index (χ1) is 15.0. The Bertz CT molecular complexity index is 1270. The number of phenols is 1. The summed E-state index contributed by atoms with van der Waals surface area (Å²) in [6.07, 6.45) is 0. The number of hydrogen-bond acceptors (Lipinski definition) is 5. The largest absolute Gasteiger partial charge is 0.508 e. The van der Waals surface area contributed by atoms with E-state index in [-0.39, 0.29) is 22.1 Å². The van der Waals surface area contributed by atoms with Crippen molar-refractivity contribution in [2.75, 3.05) is 0 Å². The summed E-state index contributed by atoms with van der Waals surface area (Å²) in [5.41, 5.74) is 1.41. The Morgan fingerprint density at radius 3 is 2.25 bits per heavy atom. The van der Waals surface area contributed by atoms with Gasteiger partial charge in [0, 0.05) is 11.1 Å². The van der Waals surface area contributed by atoms with Crippen molar-refractivity contribution in [3.05, 3.63) is 80.2 Å². The van der Waals surface area contributed by atoms with E-state index in [0.29, 0.717) is 26.0 Å². The SMILES string of the molecule is Cc1ccccc1S(=O)(=O)NC(=O)c1cc(Br)c(Oc2ccc(O)c(C(C)C)c2)c(Br)c1. The molecular formula is C23H21Br2NO5S. The molecule has 3 rings (SSSR count). The summed E-state index contributed by atoms with van der Waals surface area (Å²) < 4.78 is 34.2. The van der Waals surface area contributed by atoms with Gasteiger partial charge in [-0.25, -0.2) is 13.1 Å². The average molecular weight is 583 g/mol. The van der Waals surface area contributed by atoms with Crippen LogP contribution in [0.3, 0.4) is 0 Å². The Labute approximate surface area is 203 Å². The molecule has 0 aliphatic rings. The number of hydrogen-bond donors (Lipinski definition) is 2. The number of nitrogens with one attached hydrogen (secondary N) is 1. The molecule has 0 spiro atoms. The van der Waals surface area contributed by atoms with E-state index >= 15 is 0 Å². The van der Waals surface area contributed by atoms with E-state index < -0.39 is 15.9 Å². The number of carbonyl (C=O) groups is 1. The van der Waals surface area contributed by atoms with Crippen molar-refractivity contribution in [3.8, 4) is 17.2 Å². The molecule has 0 saturated heterocycles. The molecule has 0 atom stereocenters.